The number of para-hydroxylation sites is 1. The molecule has 2 aromatic heterocycles. The number of carbonyl (C=O) groups excluding carboxylic acids is 1. The molecule has 30 heavy (non-hydrogen) atoms. The van der Waals surface area contributed by atoms with Crippen LogP contribution in [0.1, 0.15) is 9.67 Å². The molecule has 1 N–H and O–H groups in total. The predicted octanol–water partition coefficient (Wildman–Crippen LogP) is 4.42. The predicted molar refractivity (Wildman–Crippen MR) is 121 cm³/mol. The van der Waals surface area contributed by atoms with Crippen molar-refractivity contribution in [2.75, 3.05) is 38.5 Å². The van der Waals surface area contributed by atoms with E-state index in [-0.39, 0.29) is 5.91 Å². The average Bonchev–Trinajstić information content (AvgIpc) is 3.32. The Labute approximate surface area is 178 Å². The first kappa shape index (κ1) is 19.8. The fraction of sp³-hybridized carbons (Fsp3) is 0.182. The first-order valence-corrected chi connectivity index (χ1v) is 10.1. The molecule has 0 saturated heterocycles. The first-order chi connectivity index (χ1) is 14.5. The van der Waals surface area contributed by atoms with E-state index < -0.39 is 0 Å². The molecule has 0 atom stereocenters. The minimum atomic E-state index is -0.198. The van der Waals surface area contributed by atoms with Gasteiger partial charge in [0.25, 0.3) is 5.91 Å². The summed E-state index contributed by atoms with van der Waals surface area (Å²) in [6.07, 6.45) is 0. The van der Waals surface area contributed by atoms with E-state index in [1.165, 1.54) is 11.3 Å². The maximum Gasteiger partial charge on any atom is 0.265 e. The summed E-state index contributed by atoms with van der Waals surface area (Å²) in [6, 6.07) is 17.1. The molecule has 0 bridgehead atoms. The standard InChI is InChI=1S/C22H22N4O3S/c1-25(2)22-24-16-13-19(30-21(16)26(22)15-8-6-5-7-9-15)20(27)23-14-10-11-17(28-3)18(12-14)29-4/h5-13H,1-4H3,(H,23,27). The minimum Gasteiger partial charge on any atom is -0.493 e. The number of benzene rings is 2. The van der Waals surface area contributed by atoms with Gasteiger partial charge in [0, 0.05) is 31.5 Å². The third-order valence-electron chi connectivity index (χ3n) is 4.60. The van der Waals surface area contributed by atoms with E-state index in [4.69, 9.17) is 14.5 Å². The molecule has 7 nitrogen and oxygen atoms in total. The molecule has 0 saturated carbocycles. The van der Waals surface area contributed by atoms with Crippen LogP contribution in [0.15, 0.2) is 54.6 Å². The Kier molecular flexibility index (Phi) is 5.33. The van der Waals surface area contributed by atoms with E-state index >= 15 is 0 Å². The molecule has 154 valence electrons. The molecule has 8 heteroatoms. The van der Waals surface area contributed by atoms with Crippen molar-refractivity contribution in [3.05, 3.63) is 59.5 Å². The number of thiophene rings is 1. The third-order valence-corrected chi connectivity index (χ3v) is 5.70. The number of anilines is 2. The lowest BCUT2D eigenvalue weighted by Gasteiger charge is -2.14. The number of methoxy groups -OCH3 is 2. The van der Waals surface area contributed by atoms with Gasteiger partial charge < -0.3 is 19.7 Å². The summed E-state index contributed by atoms with van der Waals surface area (Å²) in [5, 5.41) is 2.92. The molecule has 0 fully saturated rings. The molecule has 0 aliphatic carbocycles. The van der Waals surface area contributed by atoms with Crippen LogP contribution < -0.4 is 19.7 Å². The van der Waals surface area contributed by atoms with Crippen LogP contribution in [0.25, 0.3) is 16.0 Å². The van der Waals surface area contributed by atoms with Crippen LogP contribution in [-0.2, 0) is 0 Å². The molecule has 1 amide bonds. The minimum absolute atomic E-state index is 0.198. The number of nitrogens with one attached hydrogen (secondary N) is 1. The lowest BCUT2D eigenvalue weighted by molar-refractivity contribution is 0.103. The van der Waals surface area contributed by atoms with E-state index in [1.54, 1.807) is 32.4 Å². The number of hydrogen-bond acceptors (Lipinski definition) is 6. The van der Waals surface area contributed by atoms with Gasteiger partial charge >= 0.3 is 0 Å². The Morgan fingerprint density at radius 1 is 1.03 bits per heavy atom. The van der Waals surface area contributed by atoms with Crippen LogP contribution in [0.2, 0.25) is 0 Å². The molecular weight excluding hydrogens is 400 g/mol. The third kappa shape index (κ3) is 3.57. The second-order valence-corrected chi connectivity index (χ2v) is 7.83. The van der Waals surface area contributed by atoms with Crippen molar-refractivity contribution < 1.29 is 14.3 Å². The van der Waals surface area contributed by atoms with Crippen LogP contribution >= 0.6 is 11.3 Å². The summed E-state index contributed by atoms with van der Waals surface area (Å²) in [7, 11) is 7.04. The number of carbonyl (C=O) groups is 1. The van der Waals surface area contributed by atoms with Gasteiger partial charge in [-0.3, -0.25) is 9.36 Å². The first-order valence-electron chi connectivity index (χ1n) is 9.30. The molecule has 2 heterocycles. The molecular formula is C22H22N4O3S. The molecule has 0 aliphatic rings. The number of imidazole rings is 1. The highest BCUT2D eigenvalue weighted by atomic mass is 32.1. The van der Waals surface area contributed by atoms with Crippen LogP contribution in [0.3, 0.4) is 0 Å². The molecule has 0 unspecified atom stereocenters. The lowest BCUT2D eigenvalue weighted by Crippen LogP contribution is -2.14. The van der Waals surface area contributed by atoms with Gasteiger partial charge in [-0.25, -0.2) is 4.98 Å². The van der Waals surface area contributed by atoms with Crippen molar-refractivity contribution in [3.63, 3.8) is 0 Å². The molecule has 0 aliphatic heterocycles. The summed E-state index contributed by atoms with van der Waals surface area (Å²) in [5.41, 5.74) is 2.41. The quantitative estimate of drug-likeness (QED) is 0.498. The highest BCUT2D eigenvalue weighted by Gasteiger charge is 2.20. The van der Waals surface area contributed by atoms with Crippen LogP contribution in [0, 0.1) is 0 Å². The smallest absolute Gasteiger partial charge is 0.265 e. The average molecular weight is 423 g/mol. The van der Waals surface area contributed by atoms with Crippen molar-refractivity contribution in [2.24, 2.45) is 0 Å². The van der Waals surface area contributed by atoms with Gasteiger partial charge in [0.05, 0.1) is 19.1 Å². The van der Waals surface area contributed by atoms with Gasteiger partial charge in [0.2, 0.25) is 5.95 Å². The highest BCUT2D eigenvalue weighted by molar-refractivity contribution is 7.20. The van der Waals surface area contributed by atoms with Gasteiger partial charge in [-0.05, 0) is 30.3 Å². The van der Waals surface area contributed by atoms with E-state index in [9.17, 15) is 4.79 Å². The van der Waals surface area contributed by atoms with Crippen LogP contribution in [0.5, 0.6) is 11.5 Å². The zero-order valence-electron chi connectivity index (χ0n) is 17.2. The fourth-order valence-corrected chi connectivity index (χ4v) is 4.20. The van der Waals surface area contributed by atoms with Crippen molar-refractivity contribution in [3.8, 4) is 17.2 Å². The van der Waals surface area contributed by atoms with Crippen LogP contribution in [0.4, 0.5) is 11.6 Å². The summed E-state index contributed by atoms with van der Waals surface area (Å²) in [4.78, 5) is 21.1. The summed E-state index contributed by atoms with van der Waals surface area (Å²) in [6.45, 7) is 0. The van der Waals surface area contributed by atoms with Gasteiger partial charge in [-0.2, -0.15) is 0 Å². The van der Waals surface area contributed by atoms with Crippen molar-refractivity contribution in [1.82, 2.24) is 9.55 Å². The topological polar surface area (TPSA) is 68.6 Å². The lowest BCUT2D eigenvalue weighted by atomic mass is 10.2. The van der Waals surface area contributed by atoms with Crippen LogP contribution in [-0.4, -0.2) is 43.8 Å². The normalized spacial score (nSPS) is 10.8. The SMILES string of the molecule is COc1ccc(NC(=O)c2cc3nc(N(C)C)n(-c4ccccc4)c3s2)cc1OC. The van der Waals surface area contributed by atoms with Gasteiger partial charge in [0.1, 0.15) is 10.3 Å². The monoisotopic (exact) mass is 422 g/mol. The van der Waals surface area contributed by atoms with Gasteiger partial charge in [-0.1, -0.05) is 18.2 Å². The summed E-state index contributed by atoms with van der Waals surface area (Å²) >= 11 is 1.41. The largest absolute Gasteiger partial charge is 0.493 e. The van der Waals surface area contributed by atoms with E-state index in [0.29, 0.717) is 22.1 Å². The molecule has 4 aromatic rings. The Bertz CT molecular complexity index is 1200. The second kappa shape index (κ2) is 8.08. The Morgan fingerprint density at radius 2 is 1.77 bits per heavy atom. The van der Waals surface area contributed by atoms with Gasteiger partial charge in [-0.15, -0.1) is 11.3 Å². The molecule has 0 radical (unpaired) electrons. The maximum absolute atomic E-state index is 12.9. The van der Waals surface area contributed by atoms with Crippen molar-refractivity contribution in [1.29, 1.82) is 0 Å². The zero-order valence-corrected chi connectivity index (χ0v) is 18.0. The molecule has 4 rings (SSSR count). The van der Waals surface area contributed by atoms with E-state index in [2.05, 4.69) is 9.88 Å². The molecule has 2 aromatic carbocycles. The van der Waals surface area contributed by atoms with Crippen molar-refractivity contribution >= 4 is 39.2 Å². The zero-order chi connectivity index (χ0) is 21.3. The maximum atomic E-state index is 12.9. The fourth-order valence-electron chi connectivity index (χ4n) is 3.19. The number of ether oxygens (including phenoxy) is 2. The number of hydrogen-bond donors (Lipinski definition) is 1. The Morgan fingerprint density at radius 3 is 2.43 bits per heavy atom. The Balaban J connectivity index is 1.69. The number of rotatable bonds is 6. The second-order valence-electron chi connectivity index (χ2n) is 6.80. The summed E-state index contributed by atoms with van der Waals surface area (Å²) in [5.74, 6) is 1.78. The highest BCUT2D eigenvalue weighted by Crippen LogP contribution is 2.34. The van der Waals surface area contributed by atoms with Crippen molar-refractivity contribution in [2.45, 2.75) is 0 Å². The van der Waals surface area contributed by atoms with E-state index in [0.717, 1.165) is 22.0 Å². The van der Waals surface area contributed by atoms with Gasteiger partial charge in [0.15, 0.2) is 11.5 Å². The van der Waals surface area contributed by atoms with E-state index in [1.807, 2.05) is 55.4 Å². The summed E-state index contributed by atoms with van der Waals surface area (Å²) < 4.78 is 12.6. The Hall–Kier alpha value is -3.52. The molecule has 0 spiro atoms. The number of amides is 1. The number of nitrogens with zero attached hydrogens (tertiary/aromatic N) is 3. The number of fused-ring (bicyclic) bond motifs is 1. The number of aromatic nitrogens is 2.